The maximum atomic E-state index is 13.0. The van der Waals surface area contributed by atoms with Crippen molar-refractivity contribution in [1.29, 1.82) is 0 Å². The van der Waals surface area contributed by atoms with Crippen molar-refractivity contribution in [3.05, 3.63) is 65.7 Å². The van der Waals surface area contributed by atoms with Crippen molar-refractivity contribution in [2.24, 2.45) is 16.6 Å². The van der Waals surface area contributed by atoms with Crippen LogP contribution in [0.15, 0.2) is 59.6 Å². The number of anilines is 1. The average Bonchev–Trinajstić information content (AvgIpc) is 2.77. The van der Waals surface area contributed by atoms with Gasteiger partial charge in [-0.05, 0) is 17.5 Å². The van der Waals surface area contributed by atoms with Crippen LogP contribution in [-0.2, 0) is 20.9 Å². The van der Waals surface area contributed by atoms with Gasteiger partial charge in [0.1, 0.15) is 6.61 Å². The summed E-state index contributed by atoms with van der Waals surface area (Å²) in [5, 5.41) is 0. The molecule has 0 saturated carbocycles. The van der Waals surface area contributed by atoms with Crippen molar-refractivity contribution in [2.45, 2.75) is 26.1 Å². The fourth-order valence-corrected chi connectivity index (χ4v) is 3.05. The van der Waals surface area contributed by atoms with Gasteiger partial charge in [-0.15, -0.1) is 0 Å². The largest absolute Gasteiger partial charge is 0.458 e. The second-order valence-corrected chi connectivity index (χ2v) is 6.86. The van der Waals surface area contributed by atoms with Crippen molar-refractivity contribution in [1.82, 2.24) is 0 Å². The number of carbonyl (C=O) groups is 2. The lowest BCUT2D eigenvalue weighted by molar-refractivity contribution is -0.154. The van der Waals surface area contributed by atoms with Crippen molar-refractivity contribution in [3.63, 3.8) is 0 Å². The van der Waals surface area contributed by atoms with Crippen LogP contribution in [-0.4, -0.2) is 30.3 Å². The van der Waals surface area contributed by atoms with Gasteiger partial charge in [0.05, 0.1) is 11.4 Å². The molecule has 27 heavy (non-hydrogen) atoms. The van der Waals surface area contributed by atoms with E-state index in [9.17, 15) is 9.59 Å². The molecule has 1 aliphatic rings. The first kappa shape index (κ1) is 18.8. The molecule has 1 unspecified atom stereocenters. The van der Waals surface area contributed by atoms with E-state index in [1.807, 2.05) is 68.4 Å². The molecule has 1 aliphatic heterocycles. The van der Waals surface area contributed by atoms with Crippen molar-refractivity contribution < 1.29 is 14.3 Å². The lowest BCUT2D eigenvalue weighted by Gasteiger charge is -2.26. The number of ether oxygens (including phenoxy) is 1. The number of rotatable bonds is 4. The summed E-state index contributed by atoms with van der Waals surface area (Å²) >= 11 is 0. The van der Waals surface area contributed by atoms with E-state index in [1.54, 1.807) is 7.05 Å². The molecule has 1 atom stereocenters. The van der Waals surface area contributed by atoms with E-state index in [0.717, 1.165) is 11.1 Å². The Morgan fingerprint density at radius 1 is 1.15 bits per heavy atom. The van der Waals surface area contributed by atoms with Gasteiger partial charge in [-0.2, -0.15) is 0 Å². The number of esters is 1. The summed E-state index contributed by atoms with van der Waals surface area (Å²) < 4.78 is 5.35. The monoisotopic (exact) mass is 365 g/mol. The third-order valence-corrected chi connectivity index (χ3v) is 4.54. The van der Waals surface area contributed by atoms with E-state index in [1.165, 1.54) is 4.90 Å². The van der Waals surface area contributed by atoms with Crippen molar-refractivity contribution in [3.8, 4) is 0 Å². The van der Waals surface area contributed by atoms with Gasteiger partial charge in [-0.3, -0.25) is 10.5 Å². The van der Waals surface area contributed by atoms with Gasteiger partial charge in [-0.1, -0.05) is 62.4 Å². The number of fused-ring (bicyclic) bond motifs is 1. The third kappa shape index (κ3) is 3.48. The van der Waals surface area contributed by atoms with Crippen LogP contribution in [0.3, 0.4) is 0 Å². The lowest BCUT2D eigenvalue weighted by Crippen LogP contribution is -2.59. The van der Waals surface area contributed by atoms with Crippen LogP contribution in [0, 0.1) is 5.92 Å². The number of carbonyl (C=O) groups excluding carboxylic acids is 2. The highest BCUT2D eigenvalue weighted by Crippen LogP contribution is 2.30. The number of benzene rings is 2. The van der Waals surface area contributed by atoms with Crippen LogP contribution < -0.4 is 10.6 Å². The lowest BCUT2D eigenvalue weighted by atomic mass is 9.98. The van der Waals surface area contributed by atoms with E-state index < -0.39 is 17.5 Å². The smallest absolute Gasteiger partial charge is 0.359 e. The predicted molar refractivity (Wildman–Crippen MR) is 104 cm³/mol. The molecule has 0 spiro atoms. The van der Waals surface area contributed by atoms with Crippen LogP contribution in [0.5, 0.6) is 0 Å². The zero-order chi connectivity index (χ0) is 19.6. The molecule has 0 fully saturated rings. The zero-order valence-corrected chi connectivity index (χ0v) is 15.7. The standard InChI is InChI=1S/C21H23N3O3/c1-14(2)18-16-11-7-8-12-17(16)24(3)19(25)21(22,23-18)20(26)27-13-15-9-5-4-6-10-15/h4-12,14H,13,22H2,1-3H3. The van der Waals surface area contributed by atoms with E-state index in [-0.39, 0.29) is 12.5 Å². The predicted octanol–water partition coefficient (Wildman–Crippen LogP) is 2.51. The molecular weight excluding hydrogens is 342 g/mol. The maximum absolute atomic E-state index is 13.0. The SMILES string of the molecule is CC(C)C1=NC(N)(C(=O)OCc2ccccc2)C(=O)N(C)c2ccccc21. The Bertz CT molecular complexity index is 893. The highest BCUT2D eigenvalue weighted by molar-refractivity contribution is 6.21. The highest BCUT2D eigenvalue weighted by Gasteiger charge is 2.48. The molecule has 0 bridgehead atoms. The second-order valence-electron chi connectivity index (χ2n) is 6.86. The van der Waals surface area contributed by atoms with E-state index >= 15 is 0 Å². The van der Waals surface area contributed by atoms with Gasteiger partial charge in [-0.25, -0.2) is 9.79 Å². The summed E-state index contributed by atoms with van der Waals surface area (Å²) in [4.78, 5) is 31.7. The summed E-state index contributed by atoms with van der Waals surface area (Å²) in [6, 6.07) is 16.6. The molecule has 2 aromatic carbocycles. The van der Waals surface area contributed by atoms with Crippen LogP contribution in [0.4, 0.5) is 5.69 Å². The minimum Gasteiger partial charge on any atom is -0.458 e. The van der Waals surface area contributed by atoms with Crippen molar-refractivity contribution >= 4 is 23.3 Å². The molecule has 2 N–H and O–H groups in total. The fourth-order valence-electron chi connectivity index (χ4n) is 3.05. The Balaban J connectivity index is 1.99. The number of hydrogen-bond acceptors (Lipinski definition) is 5. The quantitative estimate of drug-likeness (QED) is 0.666. The molecule has 6 heteroatoms. The van der Waals surface area contributed by atoms with Crippen LogP contribution in [0.1, 0.15) is 25.0 Å². The molecule has 0 saturated heterocycles. The highest BCUT2D eigenvalue weighted by atomic mass is 16.5. The summed E-state index contributed by atoms with van der Waals surface area (Å²) in [7, 11) is 1.59. The summed E-state index contributed by atoms with van der Waals surface area (Å²) in [5.41, 5.74) is 6.99. The zero-order valence-electron chi connectivity index (χ0n) is 15.7. The molecule has 1 heterocycles. The van der Waals surface area contributed by atoms with E-state index in [0.29, 0.717) is 11.4 Å². The minimum absolute atomic E-state index is 0.0229. The molecule has 0 aliphatic carbocycles. The average molecular weight is 365 g/mol. The summed E-state index contributed by atoms with van der Waals surface area (Å²) in [6.45, 7) is 3.91. The van der Waals surface area contributed by atoms with Gasteiger partial charge in [0.25, 0.3) is 11.6 Å². The number of aliphatic imine (C=N–C) groups is 1. The topological polar surface area (TPSA) is 85.0 Å². The van der Waals surface area contributed by atoms with Crippen LogP contribution in [0.25, 0.3) is 0 Å². The molecule has 1 amide bonds. The number of benzodiazepines with no additional fused rings is 1. The number of para-hydroxylation sites is 1. The molecule has 0 radical (unpaired) electrons. The van der Waals surface area contributed by atoms with Crippen LogP contribution >= 0.6 is 0 Å². The van der Waals surface area contributed by atoms with Gasteiger partial charge in [0.15, 0.2) is 0 Å². The molecule has 0 aromatic heterocycles. The summed E-state index contributed by atoms with van der Waals surface area (Å²) in [6.07, 6.45) is 0. The second kappa shape index (κ2) is 7.32. The fraction of sp³-hybridized carbons (Fsp3) is 0.286. The number of nitrogens with two attached hydrogens (primary N) is 1. The Kier molecular flexibility index (Phi) is 5.10. The maximum Gasteiger partial charge on any atom is 0.359 e. The first-order chi connectivity index (χ1) is 12.8. The Morgan fingerprint density at radius 3 is 2.44 bits per heavy atom. The van der Waals surface area contributed by atoms with Crippen LogP contribution in [0.2, 0.25) is 0 Å². The van der Waals surface area contributed by atoms with Gasteiger partial charge in [0, 0.05) is 12.6 Å². The minimum atomic E-state index is -2.12. The Labute approximate surface area is 158 Å². The van der Waals surface area contributed by atoms with Crippen molar-refractivity contribution in [2.75, 3.05) is 11.9 Å². The number of nitrogens with zero attached hydrogens (tertiary/aromatic N) is 2. The first-order valence-corrected chi connectivity index (χ1v) is 8.82. The van der Waals surface area contributed by atoms with Gasteiger partial charge in [0.2, 0.25) is 0 Å². The number of likely N-dealkylation sites (N-methyl/N-ethyl adjacent to an activating group) is 1. The Morgan fingerprint density at radius 2 is 1.78 bits per heavy atom. The molecule has 140 valence electrons. The summed E-state index contributed by atoms with van der Waals surface area (Å²) in [5.74, 6) is -1.52. The van der Waals surface area contributed by atoms with Gasteiger partial charge >= 0.3 is 5.97 Å². The third-order valence-electron chi connectivity index (χ3n) is 4.54. The van der Waals surface area contributed by atoms with E-state index in [4.69, 9.17) is 10.5 Å². The van der Waals surface area contributed by atoms with E-state index in [2.05, 4.69) is 4.99 Å². The number of amides is 1. The molecular formula is C21H23N3O3. The Hall–Kier alpha value is -2.99. The van der Waals surface area contributed by atoms with Gasteiger partial charge < -0.3 is 9.64 Å². The first-order valence-electron chi connectivity index (χ1n) is 8.82. The normalized spacial score (nSPS) is 19.4. The number of hydrogen-bond donors (Lipinski definition) is 1. The molecule has 3 rings (SSSR count). The molecule has 2 aromatic rings. The molecule has 6 nitrogen and oxygen atoms in total.